The second-order valence-corrected chi connectivity index (χ2v) is 23.5. The van der Waals surface area contributed by atoms with Crippen molar-refractivity contribution < 1.29 is 29.3 Å². The van der Waals surface area contributed by atoms with Crippen molar-refractivity contribution in [1.82, 2.24) is 0 Å². The molecule has 2 aliphatic rings. The van der Waals surface area contributed by atoms with Gasteiger partial charge in [0.25, 0.3) is 0 Å². The standard InChI is InChI=1S/2C16H28O3Si/c2*1-7-11(2)15(17)14-13(10-19-16(14)18)12(3)8-9-20(4,5)6/h2*11-15,17H,7,10H2,1-6H3/t2*11-,12+,13+,14-,15-/m11/s1. The van der Waals surface area contributed by atoms with Gasteiger partial charge in [-0.25, -0.2) is 0 Å². The van der Waals surface area contributed by atoms with Crippen molar-refractivity contribution in [2.24, 2.45) is 47.3 Å². The number of carbonyl (C=O) groups is 2. The van der Waals surface area contributed by atoms with Crippen molar-refractivity contribution in [2.75, 3.05) is 13.2 Å². The molecule has 0 bridgehead atoms. The van der Waals surface area contributed by atoms with Gasteiger partial charge in [0.2, 0.25) is 0 Å². The summed E-state index contributed by atoms with van der Waals surface area (Å²) in [5, 5.41) is 20.8. The molecular weight excluding hydrogens is 537 g/mol. The lowest BCUT2D eigenvalue weighted by atomic mass is 9.78. The van der Waals surface area contributed by atoms with E-state index < -0.39 is 40.2 Å². The van der Waals surface area contributed by atoms with Crippen molar-refractivity contribution in [1.29, 1.82) is 0 Å². The molecule has 2 aliphatic heterocycles. The van der Waals surface area contributed by atoms with Gasteiger partial charge in [-0.05, 0) is 11.8 Å². The van der Waals surface area contributed by atoms with Crippen LogP contribution in [0, 0.1) is 70.3 Å². The van der Waals surface area contributed by atoms with Gasteiger partial charge in [0.05, 0.1) is 37.3 Å². The van der Waals surface area contributed by atoms with E-state index in [2.05, 4.69) is 62.2 Å². The minimum atomic E-state index is -1.42. The number of cyclic esters (lactones) is 2. The molecule has 0 aromatic rings. The van der Waals surface area contributed by atoms with E-state index in [1.54, 1.807) is 0 Å². The van der Waals surface area contributed by atoms with Crippen molar-refractivity contribution in [3.05, 3.63) is 0 Å². The molecule has 2 heterocycles. The van der Waals surface area contributed by atoms with Gasteiger partial charge < -0.3 is 19.7 Å². The van der Waals surface area contributed by atoms with Crippen molar-refractivity contribution in [2.45, 2.75) is 106 Å². The Kier molecular flexibility index (Phi) is 14.2. The van der Waals surface area contributed by atoms with Crippen LogP contribution in [0.4, 0.5) is 0 Å². The van der Waals surface area contributed by atoms with Crippen LogP contribution in [-0.2, 0) is 19.1 Å². The van der Waals surface area contributed by atoms with Crippen LogP contribution in [0.3, 0.4) is 0 Å². The first-order chi connectivity index (χ1) is 18.3. The largest absolute Gasteiger partial charge is 0.465 e. The molecule has 0 saturated carbocycles. The third-order valence-electron chi connectivity index (χ3n) is 8.13. The number of hydrogen-bond acceptors (Lipinski definition) is 6. The molecule has 0 aliphatic carbocycles. The maximum Gasteiger partial charge on any atom is 0.312 e. The van der Waals surface area contributed by atoms with Crippen LogP contribution in [0.1, 0.15) is 54.4 Å². The highest BCUT2D eigenvalue weighted by atomic mass is 28.3. The predicted octanol–water partition coefficient (Wildman–Crippen LogP) is 5.40. The highest BCUT2D eigenvalue weighted by Crippen LogP contribution is 2.35. The van der Waals surface area contributed by atoms with Gasteiger partial charge in [0.15, 0.2) is 0 Å². The van der Waals surface area contributed by atoms with E-state index in [0.717, 1.165) is 12.8 Å². The van der Waals surface area contributed by atoms with Crippen LogP contribution in [-0.4, -0.2) is 63.7 Å². The molecule has 2 rings (SSSR count). The van der Waals surface area contributed by atoms with Gasteiger partial charge in [-0.2, -0.15) is 0 Å². The Morgan fingerprint density at radius 1 is 0.700 bits per heavy atom. The van der Waals surface area contributed by atoms with E-state index in [-0.39, 0.29) is 47.4 Å². The first-order valence-electron chi connectivity index (χ1n) is 15.1. The Morgan fingerprint density at radius 2 is 1.00 bits per heavy atom. The SMILES string of the molecule is CC[C@@H](C)[C@@H](O)[C@@H]1C(=O)OC[C@H]1[C@@H](C)C#C[Si](C)(C)C.CC[C@@H](C)[C@@H](O)[C@@H]1C(=O)OC[C@H]1[C@@H](C)C#C[Si](C)(C)C. The van der Waals surface area contributed by atoms with E-state index in [9.17, 15) is 19.8 Å². The Balaban J connectivity index is 0.000000400. The average molecular weight is 593 g/mol. The first-order valence-corrected chi connectivity index (χ1v) is 22.1. The lowest BCUT2D eigenvalue weighted by Gasteiger charge is -2.26. The lowest BCUT2D eigenvalue weighted by Crippen LogP contribution is -2.36. The highest BCUT2D eigenvalue weighted by molar-refractivity contribution is 6.84. The number of aliphatic hydroxyl groups is 2. The Labute approximate surface area is 246 Å². The topological polar surface area (TPSA) is 93.1 Å². The van der Waals surface area contributed by atoms with Crippen molar-refractivity contribution in [3.8, 4) is 22.9 Å². The van der Waals surface area contributed by atoms with Crippen molar-refractivity contribution in [3.63, 3.8) is 0 Å². The van der Waals surface area contributed by atoms with E-state index >= 15 is 0 Å². The molecule has 2 N–H and O–H groups in total. The highest BCUT2D eigenvalue weighted by Gasteiger charge is 2.46. The Morgan fingerprint density at radius 3 is 1.25 bits per heavy atom. The zero-order valence-corrected chi connectivity index (χ0v) is 29.1. The number of rotatable bonds is 8. The molecule has 0 aromatic heterocycles. The molecule has 2 fully saturated rings. The molecule has 228 valence electrons. The Bertz CT molecular complexity index is 882. The first kappa shape index (κ1) is 36.4. The fraction of sp³-hybridized carbons (Fsp3) is 0.812. The molecule has 8 heteroatoms. The van der Waals surface area contributed by atoms with Crippen molar-refractivity contribution >= 4 is 28.1 Å². The summed E-state index contributed by atoms with van der Waals surface area (Å²) in [5.74, 6) is 5.61. The summed E-state index contributed by atoms with van der Waals surface area (Å²) < 4.78 is 10.4. The third-order valence-corrected chi connectivity index (χ3v) is 9.92. The van der Waals surface area contributed by atoms with Crippen LogP contribution in [0.15, 0.2) is 0 Å². The summed E-state index contributed by atoms with van der Waals surface area (Å²) in [6.07, 6.45) is 0.450. The number of carbonyl (C=O) groups excluding carboxylic acids is 2. The second kappa shape index (κ2) is 15.6. The third kappa shape index (κ3) is 11.0. The van der Waals surface area contributed by atoms with Crippen LogP contribution >= 0.6 is 0 Å². The molecule has 0 radical (unpaired) electrons. The minimum absolute atomic E-state index is 0.00958. The normalized spacial score (nSPS) is 27.2. The van der Waals surface area contributed by atoms with E-state index in [0.29, 0.717) is 13.2 Å². The van der Waals surface area contributed by atoms with Gasteiger partial charge >= 0.3 is 11.9 Å². The van der Waals surface area contributed by atoms with Gasteiger partial charge in [0, 0.05) is 23.7 Å². The fourth-order valence-electron chi connectivity index (χ4n) is 4.87. The Hall–Kier alpha value is -1.59. The maximum atomic E-state index is 11.9. The molecule has 0 unspecified atom stereocenters. The summed E-state index contributed by atoms with van der Waals surface area (Å²) in [4.78, 5) is 23.9. The predicted molar refractivity (Wildman–Crippen MR) is 167 cm³/mol. The molecular formula is C32H56O6Si2. The van der Waals surface area contributed by atoms with Crippen LogP contribution in [0.2, 0.25) is 39.3 Å². The summed E-state index contributed by atoms with van der Waals surface area (Å²) in [6.45, 7) is 26.1. The van der Waals surface area contributed by atoms with Crippen LogP contribution in [0.25, 0.3) is 0 Å². The van der Waals surface area contributed by atoms with Crippen LogP contribution < -0.4 is 0 Å². The molecule has 0 amide bonds. The number of hydrogen-bond donors (Lipinski definition) is 2. The van der Waals surface area contributed by atoms with E-state index in [1.165, 1.54) is 0 Å². The number of aliphatic hydroxyl groups excluding tert-OH is 2. The molecule has 40 heavy (non-hydrogen) atoms. The number of ether oxygens (including phenoxy) is 2. The molecule has 0 spiro atoms. The lowest BCUT2D eigenvalue weighted by molar-refractivity contribution is -0.146. The van der Waals surface area contributed by atoms with Gasteiger partial charge in [-0.1, -0.05) is 93.7 Å². The summed E-state index contributed by atoms with van der Waals surface area (Å²) >= 11 is 0. The average Bonchev–Trinajstić information content (AvgIpc) is 3.45. The summed E-state index contributed by atoms with van der Waals surface area (Å²) in [7, 11) is -2.83. The van der Waals surface area contributed by atoms with Gasteiger partial charge in [-0.3, -0.25) is 9.59 Å². The van der Waals surface area contributed by atoms with E-state index in [1.807, 2.05) is 41.5 Å². The molecule has 10 atom stereocenters. The molecule has 0 aromatic carbocycles. The van der Waals surface area contributed by atoms with Gasteiger partial charge in [0.1, 0.15) is 16.1 Å². The van der Waals surface area contributed by atoms with Crippen LogP contribution in [0.5, 0.6) is 0 Å². The smallest absolute Gasteiger partial charge is 0.312 e. The monoisotopic (exact) mass is 592 g/mol. The second-order valence-electron chi connectivity index (χ2n) is 14.0. The number of esters is 2. The van der Waals surface area contributed by atoms with Gasteiger partial charge in [-0.15, -0.1) is 22.9 Å². The fourth-order valence-corrected chi connectivity index (χ4v) is 6.19. The minimum Gasteiger partial charge on any atom is -0.465 e. The maximum absolute atomic E-state index is 11.9. The van der Waals surface area contributed by atoms with E-state index in [4.69, 9.17) is 9.47 Å². The quantitative estimate of drug-likeness (QED) is 0.223. The zero-order chi connectivity index (χ0) is 31.0. The summed E-state index contributed by atoms with van der Waals surface area (Å²) in [6, 6.07) is 0. The molecule has 2 saturated heterocycles. The summed E-state index contributed by atoms with van der Waals surface area (Å²) in [5.41, 5.74) is 6.71. The zero-order valence-electron chi connectivity index (χ0n) is 27.1. The molecule has 6 nitrogen and oxygen atoms in total.